The van der Waals surface area contributed by atoms with E-state index in [2.05, 4.69) is 34.5 Å². The molecule has 3 rings (SSSR count). The van der Waals surface area contributed by atoms with Gasteiger partial charge in [0.15, 0.2) is 0 Å². The van der Waals surface area contributed by atoms with Gasteiger partial charge in [0.2, 0.25) is 5.91 Å². The highest BCUT2D eigenvalue weighted by atomic mass is 16.2. The minimum absolute atomic E-state index is 0.105. The number of aryl methyl sites for hydroxylation is 1. The van der Waals surface area contributed by atoms with Crippen LogP contribution in [-0.4, -0.2) is 37.5 Å². The molecular formula is C17H24N2O. The van der Waals surface area contributed by atoms with Crippen LogP contribution in [-0.2, 0) is 11.2 Å². The van der Waals surface area contributed by atoms with Crippen LogP contribution in [0.2, 0.25) is 0 Å². The standard InChI is InChI=1S/C17H24N2O/c1-18-11-13-9-10-19(12-13)17(20)16-8-4-6-14-5-2-3-7-15(14)16/h2-3,5,7,13,16,18H,4,6,8-12H2,1H3. The number of benzene rings is 1. The molecule has 1 heterocycles. The lowest BCUT2D eigenvalue weighted by Crippen LogP contribution is -2.35. The molecule has 1 aliphatic heterocycles. The van der Waals surface area contributed by atoms with Gasteiger partial charge in [-0.25, -0.2) is 0 Å². The number of fused-ring (bicyclic) bond motifs is 1. The van der Waals surface area contributed by atoms with Crippen molar-refractivity contribution in [2.45, 2.75) is 31.6 Å². The van der Waals surface area contributed by atoms with Gasteiger partial charge >= 0.3 is 0 Å². The van der Waals surface area contributed by atoms with Crippen LogP contribution in [0.25, 0.3) is 0 Å². The average molecular weight is 272 g/mol. The maximum absolute atomic E-state index is 12.8. The number of hydrogen-bond acceptors (Lipinski definition) is 2. The summed E-state index contributed by atoms with van der Waals surface area (Å²) in [6, 6.07) is 8.49. The van der Waals surface area contributed by atoms with Crippen LogP contribution in [0.15, 0.2) is 24.3 Å². The van der Waals surface area contributed by atoms with Gasteiger partial charge in [-0.2, -0.15) is 0 Å². The molecule has 1 saturated heterocycles. The zero-order valence-corrected chi connectivity index (χ0v) is 12.3. The van der Waals surface area contributed by atoms with Crippen LogP contribution in [0.4, 0.5) is 0 Å². The zero-order chi connectivity index (χ0) is 13.9. The maximum Gasteiger partial charge on any atom is 0.230 e. The van der Waals surface area contributed by atoms with Crippen molar-refractivity contribution in [3.8, 4) is 0 Å². The van der Waals surface area contributed by atoms with Gasteiger partial charge in [0.05, 0.1) is 5.92 Å². The van der Waals surface area contributed by atoms with Gasteiger partial charge in [-0.15, -0.1) is 0 Å². The van der Waals surface area contributed by atoms with Crippen LogP contribution in [0.1, 0.15) is 36.3 Å². The summed E-state index contributed by atoms with van der Waals surface area (Å²) in [4.78, 5) is 14.9. The average Bonchev–Trinajstić information content (AvgIpc) is 2.95. The van der Waals surface area contributed by atoms with Crippen molar-refractivity contribution in [2.24, 2.45) is 5.92 Å². The van der Waals surface area contributed by atoms with Crippen molar-refractivity contribution in [1.82, 2.24) is 10.2 Å². The third-order valence-corrected chi connectivity index (χ3v) is 4.76. The topological polar surface area (TPSA) is 32.3 Å². The third-order valence-electron chi connectivity index (χ3n) is 4.76. The lowest BCUT2D eigenvalue weighted by molar-refractivity contribution is -0.132. The van der Waals surface area contributed by atoms with Crippen LogP contribution in [0.5, 0.6) is 0 Å². The summed E-state index contributed by atoms with van der Waals surface area (Å²) in [6.45, 7) is 2.88. The van der Waals surface area contributed by atoms with Crippen molar-refractivity contribution in [1.29, 1.82) is 0 Å². The number of carbonyl (C=O) groups is 1. The summed E-state index contributed by atoms with van der Waals surface area (Å²) in [6.07, 6.45) is 4.42. The quantitative estimate of drug-likeness (QED) is 0.914. The molecule has 3 heteroatoms. The molecule has 20 heavy (non-hydrogen) atoms. The molecular weight excluding hydrogens is 248 g/mol. The van der Waals surface area contributed by atoms with Gasteiger partial charge in [-0.1, -0.05) is 24.3 Å². The predicted octanol–water partition coefficient (Wildman–Crippen LogP) is 2.17. The molecule has 1 aromatic carbocycles. The number of amides is 1. The molecule has 1 amide bonds. The third kappa shape index (κ3) is 2.59. The second-order valence-electron chi connectivity index (χ2n) is 6.14. The van der Waals surface area contributed by atoms with Crippen molar-refractivity contribution in [3.63, 3.8) is 0 Å². The van der Waals surface area contributed by atoms with Gasteiger partial charge in [0, 0.05) is 13.1 Å². The summed E-state index contributed by atoms with van der Waals surface area (Å²) < 4.78 is 0. The summed E-state index contributed by atoms with van der Waals surface area (Å²) >= 11 is 0. The molecule has 1 fully saturated rings. The molecule has 3 nitrogen and oxygen atoms in total. The highest BCUT2D eigenvalue weighted by molar-refractivity contribution is 5.84. The number of nitrogens with one attached hydrogen (secondary N) is 1. The first kappa shape index (κ1) is 13.6. The van der Waals surface area contributed by atoms with Crippen molar-refractivity contribution < 1.29 is 4.79 Å². The summed E-state index contributed by atoms with van der Waals surface area (Å²) in [7, 11) is 1.99. The fraction of sp³-hybridized carbons (Fsp3) is 0.588. The van der Waals surface area contributed by atoms with Gasteiger partial charge in [0.25, 0.3) is 0 Å². The molecule has 1 aliphatic carbocycles. The molecule has 0 spiro atoms. The highest BCUT2D eigenvalue weighted by Crippen LogP contribution is 2.34. The Bertz CT molecular complexity index is 486. The molecule has 0 radical (unpaired) electrons. The molecule has 1 N–H and O–H groups in total. The minimum atomic E-state index is 0.105. The Hall–Kier alpha value is -1.35. The lowest BCUT2D eigenvalue weighted by atomic mass is 9.82. The Morgan fingerprint density at radius 1 is 1.35 bits per heavy atom. The highest BCUT2D eigenvalue weighted by Gasteiger charge is 2.33. The van der Waals surface area contributed by atoms with Gasteiger partial charge < -0.3 is 10.2 Å². The molecule has 0 saturated carbocycles. The second-order valence-corrected chi connectivity index (χ2v) is 6.14. The van der Waals surface area contributed by atoms with Gasteiger partial charge in [-0.05, 0) is 56.3 Å². The van der Waals surface area contributed by atoms with Crippen molar-refractivity contribution in [2.75, 3.05) is 26.7 Å². The number of likely N-dealkylation sites (tertiary alicyclic amines) is 1. The van der Waals surface area contributed by atoms with Crippen LogP contribution in [0.3, 0.4) is 0 Å². The van der Waals surface area contributed by atoms with Crippen molar-refractivity contribution >= 4 is 5.91 Å². The van der Waals surface area contributed by atoms with Crippen molar-refractivity contribution in [3.05, 3.63) is 35.4 Å². The summed E-state index contributed by atoms with van der Waals surface area (Å²) in [5.74, 6) is 1.09. The fourth-order valence-electron chi connectivity index (χ4n) is 3.72. The molecule has 0 bridgehead atoms. The Morgan fingerprint density at radius 3 is 3.05 bits per heavy atom. The minimum Gasteiger partial charge on any atom is -0.342 e. The first-order chi connectivity index (χ1) is 9.79. The van der Waals surface area contributed by atoms with Crippen LogP contribution >= 0.6 is 0 Å². The fourth-order valence-corrected chi connectivity index (χ4v) is 3.72. The first-order valence-electron chi connectivity index (χ1n) is 7.80. The largest absolute Gasteiger partial charge is 0.342 e. The summed E-state index contributed by atoms with van der Waals surface area (Å²) in [5, 5.41) is 3.23. The monoisotopic (exact) mass is 272 g/mol. The number of hydrogen-bond donors (Lipinski definition) is 1. The molecule has 2 atom stereocenters. The van der Waals surface area contributed by atoms with E-state index in [-0.39, 0.29) is 5.92 Å². The van der Waals surface area contributed by atoms with Crippen LogP contribution in [0, 0.1) is 5.92 Å². The summed E-state index contributed by atoms with van der Waals surface area (Å²) in [5.41, 5.74) is 2.66. The Kier molecular flexibility index (Phi) is 4.06. The SMILES string of the molecule is CNCC1CCN(C(=O)C2CCCc3ccccc32)C1. The van der Waals surface area contributed by atoms with E-state index in [0.717, 1.165) is 45.3 Å². The van der Waals surface area contributed by atoms with E-state index in [1.165, 1.54) is 11.1 Å². The zero-order valence-electron chi connectivity index (χ0n) is 12.3. The van der Waals surface area contributed by atoms with Gasteiger partial charge in [-0.3, -0.25) is 4.79 Å². The first-order valence-corrected chi connectivity index (χ1v) is 7.80. The molecule has 1 aromatic rings. The maximum atomic E-state index is 12.8. The van der Waals surface area contributed by atoms with E-state index < -0.39 is 0 Å². The molecule has 0 aromatic heterocycles. The Balaban J connectivity index is 1.73. The van der Waals surface area contributed by atoms with E-state index in [4.69, 9.17) is 0 Å². The van der Waals surface area contributed by atoms with E-state index in [9.17, 15) is 4.79 Å². The predicted molar refractivity (Wildman–Crippen MR) is 80.7 cm³/mol. The lowest BCUT2D eigenvalue weighted by Gasteiger charge is -2.28. The number of nitrogens with zero attached hydrogens (tertiary/aromatic N) is 1. The Morgan fingerprint density at radius 2 is 2.20 bits per heavy atom. The number of rotatable bonds is 3. The molecule has 2 unspecified atom stereocenters. The van der Waals surface area contributed by atoms with E-state index in [1.54, 1.807) is 0 Å². The van der Waals surface area contributed by atoms with E-state index >= 15 is 0 Å². The second kappa shape index (κ2) is 5.96. The molecule has 2 aliphatic rings. The van der Waals surface area contributed by atoms with Gasteiger partial charge in [0.1, 0.15) is 0 Å². The smallest absolute Gasteiger partial charge is 0.230 e. The Labute approximate surface area is 121 Å². The number of carbonyl (C=O) groups excluding carboxylic acids is 1. The van der Waals surface area contributed by atoms with E-state index in [1.807, 2.05) is 7.05 Å². The van der Waals surface area contributed by atoms with Crippen LogP contribution < -0.4 is 5.32 Å². The normalized spacial score (nSPS) is 25.6. The van der Waals surface area contributed by atoms with E-state index in [0.29, 0.717) is 11.8 Å². The molecule has 108 valence electrons.